The summed E-state index contributed by atoms with van der Waals surface area (Å²) >= 11 is -1.34. The number of carbonyl (C=O) groups is 1. The molecular weight excluding hydrogens is 422 g/mol. The fraction of sp³-hybridized carbons (Fsp3) is 0.500. The highest BCUT2D eigenvalue weighted by Gasteiger charge is 2.32. The predicted octanol–water partition coefficient (Wildman–Crippen LogP) is 4.35. The second-order valence-corrected chi connectivity index (χ2v) is 10.5. The molecule has 8 heteroatoms. The molecule has 1 aliphatic heterocycles. The summed E-state index contributed by atoms with van der Waals surface area (Å²) in [7, 11) is 1.93. The molecule has 2 saturated carbocycles. The molecule has 1 amide bonds. The van der Waals surface area contributed by atoms with Crippen LogP contribution in [0.2, 0.25) is 0 Å². The van der Waals surface area contributed by atoms with Crippen molar-refractivity contribution in [1.29, 1.82) is 0 Å². The smallest absolute Gasteiger partial charge is 0.254 e. The summed E-state index contributed by atoms with van der Waals surface area (Å²) in [4.78, 5) is 15.7. The number of nitrogens with one attached hydrogen (secondary N) is 2. The van der Waals surface area contributed by atoms with Crippen molar-refractivity contribution in [2.75, 3.05) is 12.4 Å². The molecule has 0 spiro atoms. The van der Waals surface area contributed by atoms with Gasteiger partial charge < -0.3 is 14.8 Å². The van der Waals surface area contributed by atoms with Crippen LogP contribution in [0.25, 0.3) is 6.08 Å². The number of hydrogen-bond acceptors (Lipinski definition) is 5. The van der Waals surface area contributed by atoms with Crippen molar-refractivity contribution in [2.24, 2.45) is 5.92 Å². The lowest BCUT2D eigenvalue weighted by Crippen LogP contribution is -2.38. The predicted molar refractivity (Wildman–Crippen MR) is 127 cm³/mol. The highest BCUT2D eigenvalue weighted by atomic mass is 32.2. The highest BCUT2D eigenvalue weighted by molar-refractivity contribution is 7.89. The Hall–Kier alpha value is -2.45. The minimum atomic E-state index is -1.34. The van der Waals surface area contributed by atoms with E-state index in [0.717, 1.165) is 41.9 Å². The average molecular weight is 454 g/mol. The number of benzene rings is 1. The summed E-state index contributed by atoms with van der Waals surface area (Å²) in [5.74, 6) is 1.35. The van der Waals surface area contributed by atoms with Crippen LogP contribution in [0.1, 0.15) is 66.6 Å². The number of rotatable bonds is 6. The summed E-state index contributed by atoms with van der Waals surface area (Å²) in [5.41, 5.74) is 3.39. The molecule has 0 radical (unpaired) electrons. The first-order valence-corrected chi connectivity index (χ1v) is 12.8. The van der Waals surface area contributed by atoms with Gasteiger partial charge in [-0.2, -0.15) is 0 Å². The van der Waals surface area contributed by atoms with Gasteiger partial charge in [0.15, 0.2) is 0 Å². The molecule has 7 nitrogen and oxygen atoms in total. The number of hydrogen-bond donors (Lipinski definition) is 2. The van der Waals surface area contributed by atoms with Crippen LogP contribution in [-0.2, 0) is 17.9 Å². The van der Waals surface area contributed by atoms with E-state index in [1.54, 1.807) is 6.20 Å². The van der Waals surface area contributed by atoms with Crippen LogP contribution in [0.5, 0.6) is 0 Å². The molecule has 170 valence electrons. The Labute approximate surface area is 192 Å². The Morgan fingerprint density at radius 2 is 2.06 bits per heavy atom. The van der Waals surface area contributed by atoms with Crippen LogP contribution in [0.3, 0.4) is 0 Å². The number of amides is 1. The van der Waals surface area contributed by atoms with Gasteiger partial charge in [0.2, 0.25) is 10.7 Å². The highest BCUT2D eigenvalue weighted by Crippen LogP contribution is 2.35. The number of nitrogens with zero attached hydrogens (tertiary/aromatic N) is 3. The number of aryl methyl sites for hydroxylation is 1. The Morgan fingerprint density at radius 3 is 2.78 bits per heavy atom. The molecule has 1 atom stereocenters. The van der Waals surface area contributed by atoms with Gasteiger partial charge in [0, 0.05) is 37.1 Å². The normalized spacial score (nSPS) is 20.5. The minimum Gasteiger partial charge on any atom is -0.588 e. The van der Waals surface area contributed by atoms with Gasteiger partial charge in [0.25, 0.3) is 5.91 Å². The van der Waals surface area contributed by atoms with Crippen LogP contribution >= 0.6 is 0 Å². The van der Waals surface area contributed by atoms with Gasteiger partial charge in [-0.15, -0.1) is 5.10 Å². The third-order valence-corrected chi connectivity index (χ3v) is 7.96. The van der Waals surface area contributed by atoms with E-state index in [9.17, 15) is 9.35 Å². The van der Waals surface area contributed by atoms with Crippen LogP contribution in [0, 0.1) is 12.8 Å². The van der Waals surface area contributed by atoms with Gasteiger partial charge in [-0.25, -0.2) is 4.72 Å². The van der Waals surface area contributed by atoms with E-state index in [1.165, 1.54) is 32.1 Å². The maximum atomic E-state index is 13.1. The maximum absolute atomic E-state index is 13.1. The molecule has 3 aliphatic rings. The quantitative estimate of drug-likeness (QED) is 0.636. The number of fused-ring (bicyclic) bond motifs is 1. The molecule has 2 aliphatic carbocycles. The van der Waals surface area contributed by atoms with Crippen molar-refractivity contribution in [3.05, 3.63) is 41.2 Å². The molecule has 0 saturated heterocycles. The summed E-state index contributed by atoms with van der Waals surface area (Å²) in [5, 5.41) is 8.09. The zero-order valence-corrected chi connectivity index (χ0v) is 19.6. The van der Waals surface area contributed by atoms with Crippen LogP contribution in [0.4, 0.5) is 11.5 Å². The lowest BCUT2D eigenvalue weighted by atomic mass is 9.94. The van der Waals surface area contributed by atoms with E-state index < -0.39 is 11.4 Å². The topological polar surface area (TPSA) is 85.2 Å². The molecule has 2 aromatic rings. The maximum Gasteiger partial charge on any atom is 0.254 e. The number of aromatic nitrogens is 2. The standard InChI is InChI=1S/C24H31N5O2S/c1-16-14-18(10-11-20(16)24(30)28(2)19-6-4-3-5-7-19)26-23-22-21(12-13-25-32(22)31)29(27-23)15-17-8-9-17/h10-14,17,19,25H,3-9,15H2,1-2H3,(H,26,27). The van der Waals surface area contributed by atoms with Crippen molar-refractivity contribution >= 4 is 34.9 Å². The van der Waals surface area contributed by atoms with Gasteiger partial charge in [-0.3, -0.25) is 9.48 Å². The fourth-order valence-corrected chi connectivity index (χ4v) is 5.69. The SMILES string of the molecule is Cc1cc(Nc2nn(CC3CC3)c3c2[S+]([O-])NC=C3)ccc1C(=O)N(C)C1CCCCC1. The lowest BCUT2D eigenvalue weighted by molar-refractivity contribution is 0.0695. The lowest BCUT2D eigenvalue weighted by Gasteiger charge is -2.31. The molecule has 5 rings (SSSR count). The summed E-state index contributed by atoms with van der Waals surface area (Å²) in [6.45, 7) is 2.82. The Kier molecular flexibility index (Phi) is 5.90. The number of carbonyl (C=O) groups excluding carboxylic acids is 1. The van der Waals surface area contributed by atoms with Gasteiger partial charge >= 0.3 is 0 Å². The first-order chi connectivity index (χ1) is 15.5. The van der Waals surface area contributed by atoms with Gasteiger partial charge in [0.05, 0.1) is 0 Å². The fourth-order valence-electron chi connectivity index (χ4n) is 4.74. The van der Waals surface area contributed by atoms with E-state index in [0.29, 0.717) is 22.7 Å². The summed E-state index contributed by atoms with van der Waals surface area (Å²) in [6.07, 6.45) is 12.0. The molecule has 2 heterocycles. The Bertz CT molecular complexity index is 1040. The zero-order valence-electron chi connectivity index (χ0n) is 18.8. The molecule has 1 aromatic carbocycles. The van der Waals surface area contributed by atoms with Gasteiger partial charge in [-0.1, -0.05) is 19.3 Å². The first-order valence-electron chi connectivity index (χ1n) is 11.6. The third-order valence-electron chi connectivity index (χ3n) is 6.84. The van der Waals surface area contributed by atoms with Crippen LogP contribution < -0.4 is 10.0 Å². The van der Waals surface area contributed by atoms with Crippen molar-refractivity contribution in [2.45, 2.75) is 69.4 Å². The second kappa shape index (κ2) is 8.83. The molecule has 1 unspecified atom stereocenters. The van der Waals surface area contributed by atoms with E-state index in [4.69, 9.17) is 5.10 Å². The largest absolute Gasteiger partial charge is 0.588 e. The zero-order chi connectivity index (χ0) is 22.2. The van der Waals surface area contributed by atoms with E-state index in [2.05, 4.69) is 10.0 Å². The first kappa shape index (κ1) is 21.4. The number of anilines is 2. The van der Waals surface area contributed by atoms with Crippen LogP contribution in [-0.4, -0.2) is 38.2 Å². The Morgan fingerprint density at radius 1 is 1.28 bits per heavy atom. The summed E-state index contributed by atoms with van der Waals surface area (Å²) in [6, 6.07) is 6.12. The molecule has 2 fully saturated rings. The van der Waals surface area contributed by atoms with Crippen molar-refractivity contribution < 1.29 is 9.35 Å². The molecule has 0 bridgehead atoms. The molecular formula is C24H31N5O2S. The van der Waals surface area contributed by atoms with E-state index >= 15 is 0 Å². The molecule has 32 heavy (non-hydrogen) atoms. The van der Waals surface area contributed by atoms with Crippen LogP contribution in [0.15, 0.2) is 29.3 Å². The Balaban J connectivity index is 1.36. The van der Waals surface area contributed by atoms with Crippen molar-refractivity contribution in [1.82, 2.24) is 19.4 Å². The minimum absolute atomic E-state index is 0.0856. The second-order valence-electron chi connectivity index (χ2n) is 9.27. The third kappa shape index (κ3) is 4.26. The average Bonchev–Trinajstić information content (AvgIpc) is 3.55. The van der Waals surface area contributed by atoms with Crippen molar-refractivity contribution in [3.63, 3.8) is 0 Å². The van der Waals surface area contributed by atoms with Crippen molar-refractivity contribution in [3.8, 4) is 0 Å². The van der Waals surface area contributed by atoms with Gasteiger partial charge in [-0.05, 0) is 68.4 Å². The molecule has 1 aromatic heterocycles. The molecule has 2 N–H and O–H groups in total. The monoisotopic (exact) mass is 453 g/mol. The summed E-state index contributed by atoms with van der Waals surface area (Å²) < 4.78 is 17.5. The van der Waals surface area contributed by atoms with E-state index in [1.807, 2.05) is 47.8 Å². The van der Waals surface area contributed by atoms with E-state index in [-0.39, 0.29) is 5.91 Å². The van der Waals surface area contributed by atoms with Gasteiger partial charge in [0.1, 0.15) is 17.1 Å².